The molecule has 2 rings (SSSR count). The predicted molar refractivity (Wildman–Crippen MR) is 81.2 cm³/mol. The molecule has 4 heteroatoms. The van der Waals surface area contributed by atoms with Gasteiger partial charge in [-0.05, 0) is 17.7 Å². The van der Waals surface area contributed by atoms with Crippen LogP contribution in [0.4, 0.5) is 0 Å². The quantitative estimate of drug-likeness (QED) is 0.691. The van der Waals surface area contributed by atoms with Crippen LogP contribution in [0.1, 0.15) is 20.7 Å². The average molecular weight is 330 g/mol. The van der Waals surface area contributed by atoms with Crippen molar-refractivity contribution in [3.05, 3.63) is 77.5 Å². The molecule has 0 bridgehead atoms. The van der Waals surface area contributed by atoms with Gasteiger partial charge < -0.3 is 5.32 Å². The molecule has 100 valence electrons. The van der Waals surface area contributed by atoms with Crippen molar-refractivity contribution in [2.45, 2.75) is 4.83 Å². The van der Waals surface area contributed by atoms with Crippen LogP contribution < -0.4 is 5.32 Å². The molecule has 1 atom stereocenters. The van der Waals surface area contributed by atoms with Gasteiger partial charge in [-0.1, -0.05) is 64.5 Å². The van der Waals surface area contributed by atoms with Gasteiger partial charge in [0.15, 0.2) is 0 Å². The molecule has 0 aliphatic heterocycles. The minimum Gasteiger partial charge on any atom is -0.315 e. The summed E-state index contributed by atoms with van der Waals surface area (Å²) in [4.78, 5) is 22.7. The first-order chi connectivity index (χ1) is 9.72. The summed E-state index contributed by atoms with van der Waals surface area (Å²) in [5, 5.41) is 2.59. The van der Waals surface area contributed by atoms with E-state index in [4.69, 9.17) is 0 Å². The van der Waals surface area contributed by atoms with Crippen molar-refractivity contribution >= 4 is 27.8 Å². The van der Waals surface area contributed by atoms with Crippen molar-refractivity contribution < 1.29 is 9.59 Å². The Kier molecular flexibility index (Phi) is 4.88. The SMILES string of the molecule is O=C=C(NC(=O)c1ccccc1)C(Br)c1ccccc1. The van der Waals surface area contributed by atoms with E-state index in [0.29, 0.717) is 5.56 Å². The summed E-state index contributed by atoms with van der Waals surface area (Å²) in [5.41, 5.74) is 1.53. The van der Waals surface area contributed by atoms with Gasteiger partial charge in [0.1, 0.15) is 11.6 Å². The molecule has 0 saturated carbocycles. The van der Waals surface area contributed by atoms with Gasteiger partial charge in [-0.25, -0.2) is 4.79 Å². The van der Waals surface area contributed by atoms with Gasteiger partial charge in [-0.2, -0.15) is 0 Å². The lowest BCUT2D eigenvalue weighted by molar-refractivity contribution is 0.0965. The number of hydrogen-bond donors (Lipinski definition) is 1. The lowest BCUT2D eigenvalue weighted by atomic mass is 10.1. The first-order valence-corrected chi connectivity index (χ1v) is 6.94. The van der Waals surface area contributed by atoms with Crippen molar-refractivity contribution in [2.75, 3.05) is 0 Å². The Bertz CT molecular complexity index is 634. The first kappa shape index (κ1) is 14.3. The smallest absolute Gasteiger partial charge is 0.256 e. The molecule has 0 saturated heterocycles. The summed E-state index contributed by atoms with van der Waals surface area (Å²) < 4.78 is 0. The molecule has 0 aliphatic carbocycles. The molecule has 0 aliphatic rings. The van der Waals surface area contributed by atoms with Gasteiger partial charge >= 0.3 is 0 Å². The summed E-state index contributed by atoms with van der Waals surface area (Å²) in [6.45, 7) is 0. The summed E-state index contributed by atoms with van der Waals surface area (Å²) in [7, 11) is 0. The number of alkyl halides is 1. The van der Waals surface area contributed by atoms with E-state index in [1.54, 1.807) is 30.2 Å². The van der Waals surface area contributed by atoms with E-state index in [0.717, 1.165) is 5.56 Å². The lowest BCUT2D eigenvalue weighted by Crippen LogP contribution is -2.25. The summed E-state index contributed by atoms with van der Waals surface area (Å²) in [5.74, 6) is 1.46. The van der Waals surface area contributed by atoms with Crippen LogP contribution in [-0.4, -0.2) is 11.8 Å². The first-order valence-electron chi connectivity index (χ1n) is 6.03. The molecule has 1 unspecified atom stereocenters. The van der Waals surface area contributed by atoms with Gasteiger partial charge in [0.25, 0.3) is 5.91 Å². The van der Waals surface area contributed by atoms with Gasteiger partial charge in [-0.15, -0.1) is 0 Å². The number of benzene rings is 2. The van der Waals surface area contributed by atoms with Gasteiger partial charge in [0.2, 0.25) is 0 Å². The fourth-order valence-corrected chi connectivity index (χ4v) is 2.23. The Hall–Kier alpha value is -2.16. The maximum atomic E-state index is 12.0. The highest BCUT2D eigenvalue weighted by atomic mass is 79.9. The number of rotatable bonds is 4. The number of allylic oxidation sites excluding steroid dienone is 1. The van der Waals surface area contributed by atoms with Crippen LogP contribution in [0.3, 0.4) is 0 Å². The monoisotopic (exact) mass is 329 g/mol. The third-order valence-corrected chi connectivity index (χ3v) is 3.73. The molecule has 0 radical (unpaired) electrons. The Morgan fingerprint density at radius 2 is 1.55 bits per heavy atom. The van der Waals surface area contributed by atoms with Crippen LogP contribution in [0.5, 0.6) is 0 Å². The molecule has 20 heavy (non-hydrogen) atoms. The zero-order chi connectivity index (χ0) is 14.4. The largest absolute Gasteiger partial charge is 0.315 e. The number of halogens is 1. The van der Waals surface area contributed by atoms with E-state index in [2.05, 4.69) is 21.2 Å². The van der Waals surface area contributed by atoms with Gasteiger partial charge in [0, 0.05) is 5.56 Å². The second-order valence-electron chi connectivity index (χ2n) is 4.11. The zero-order valence-electron chi connectivity index (χ0n) is 10.5. The van der Waals surface area contributed by atoms with Crippen LogP contribution >= 0.6 is 15.9 Å². The molecule has 3 nitrogen and oxygen atoms in total. The number of nitrogens with one attached hydrogen (secondary N) is 1. The highest BCUT2D eigenvalue weighted by molar-refractivity contribution is 9.09. The van der Waals surface area contributed by atoms with Crippen LogP contribution in [0, 0.1) is 0 Å². The lowest BCUT2D eigenvalue weighted by Gasteiger charge is -2.12. The van der Waals surface area contributed by atoms with E-state index in [-0.39, 0.29) is 11.6 Å². The highest BCUT2D eigenvalue weighted by Gasteiger charge is 2.17. The van der Waals surface area contributed by atoms with E-state index < -0.39 is 4.83 Å². The van der Waals surface area contributed by atoms with Crippen LogP contribution in [0.15, 0.2) is 66.4 Å². The molecular formula is C16H12BrNO2. The maximum absolute atomic E-state index is 12.0. The minimum absolute atomic E-state index is 0.157. The van der Waals surface area contributed by atoms with Crippen molar-refractivity contribution in [1.82, 2.24) is 5.32 Å². The number of hydrogen-bond acceptors (Lipinski definition) is 2. The zero-order valence-corrected chi connectivity index (χ0v) is 12.1. The molecule has 1 amide bonds. The average Bonchev–Trinajstić information content (AvgIpc) is 2.53. The van der Waals surface area contributed by atoms with E-state index in [1.807, 2.05) is 36.4 Å². The molecule has 0 spiro atoms. The summed E-state index contributed by atoms with van der Waals surface area (Å²) in [6.07, 6.45) is 0. The van der Waals surface area contributed by atoms with E-state index in [9.17, 15) is 9.59 Å². The number of carbonyl (C=O) groups is 1. The topological polar surface area (TPSA) is 46.2 Å². The number of amides is 1. The summed E-state index contributed by atoms with van der Waals surface area (Å²) in [6, 6.07) is 18.1. The minimum atomic E-state index is -0.395. The summed E-state index contributed by atoms with van der Waals surface area (Å²) >= 11 is 3.40. The fourth-order valence-electron chi connectivity index (χ4n) is 1.71. The highest BCUT2D eigenvalue weighted by Crippen LogP contribution is 2.27. The second kappa shape index (κ2) is 6.85. The Morgan fingerprint density at radius 3 is 2.10 bits per heavy atom. The molecule has 1 N–H and O–H groups in total. The van der Waals surface area contributed by atoms with Crippen LogP contribution in [0.25, 0.3) is 0 Å². The van der Waals surface area contributed by atoms with E-state index >= 15 is 0 Å². The van der Waals surface area contributed by atoms with E-state index in [1.165, 1.54) is 0 Å². The third-order valence-electron chi connectivity index (χ3n) is 2.74. The van der Waals surface area contributed by atoms with Crippen molar-refractivity contribution in [2.24, 2.45) is 0 Å². The molecule has 0 fully saturated rings. The van der Waals surface area contributed by atoms with Gasteiger partial charge in [-0.3, -0.25) is 4.79 Å². The van der Waals surface area contributed by atoms with Crippen molar-refractivity contribution in [1.29, 1.82) is 0 Å². The Balaban J connectivity index is 2.15. The Labute approximate surface area is 125 Å². The van der Waals surface area contributed by atoms with Gasteiger partial charge in [0.05, 0.1) is 4.83 Å². The Morgan fingerprint density at radius 1 is 1.00 bits per heavy atom. The maximum Gasteiger partial charge on any atom is 0.256 e. The van der Waals surface area contributed by atoms with Crippen molar-refractivity contribution in [3.8, 4) is 0 Å². The molecule has 0 heterocycles. The predicted octanol–water partition coefficient (Wildman–Crippen LogP) is 3.27. The van der Waals surface area contributed by atoms with Crippen LogP contribution in [-0.2, 0) is 4.79 Å². The molecule has 2 aromatic carbocycles. The number of carbonyl (C=O) groups excluding carboxylic acids is 2. The van der Waals surface area contributed by atoms with Crippen molar-refractivity contribution in [3.63, 3.8) is 0 Å². The second-order valence-corrected chi connectivity index (χ2v) is 5.02. The van der Waals surface area contributed by atoms with Crippen LogP contribution in [0.2, 0.25) is 0 Å². The molecule has 2 aromatic rings. The normalized spacial score (nSPS) is 11.2. The molecular weight excluding hydrogens is 318 g/mol. The third kappa shape index (κ3) is 3.44. The molecule has 0 aromatic heterocycles. The standard InChI is InChI=1S/C16H12BrNO2/c17-15(12-7-3-1-4-8-12)14(11-19)18-16(20)13-9-5-2-6-10-13/h1-10,15H,(H,18,20). The fraction of sp³-hybridized carbons (Fsp3) is 0.0625.